The van der Waals surface area contributed by atoms with Gasteiger partial charge in [-0.1, -0.05) is 12.8 Å². The van der Waals surface area contributed by atoms with E-state index in [-0.39, 0.29) is 11.6 Å². The number of carbonyl (C=O) groups is 1. The van der Waals surface area contributed by atoms with Gasteiger partial charge in [0, 0.05) is 19.6 Å². The van der Waals surface area contributed by atoms with Gasteiger partial charge in [-0.3, -0.25) is 0 Å². The van der Waals surface area contributed by atoms with Gasteiger partial charge in [0.05, 0.1) is 5.54 Å². The zero-order valence-corrected chi connectivity index (χ0v) is 9.30. The van der Waals surface area contributed by atoms with E-state index in [4.69, 9.17) is 5.73 Å². The van der Waals surface area contributed by atoms with Crippen molar-refractivity contribution in [3.8, 4) is 0 Å². The van der Waals surface area contributed by atoms with Crippen LogP contribution in [0.3, 0.4) is 0 Å². The fourth-order valence-electron chi connectivity index (χ4n) is 2.66. The van der Waals surface area contributed by atoms with E-state index in [0.717, 1.165) is 38.8 Å². The monoisotopic (exact) mass is 211 g/mol. The minimum absolute atomic E-state index is 0.0971. The Balaban J connectivity index is 1.91. The molecule has 1 saturated heterocycles. The molecule has 2 rings (SSSR count). The van der Waals surface area contributed by atoms with E-state index in [0.29, 0.717) is 6.54 Å². The number of amides is 2. The molecule has 2 amide bonds. The highest BCUT2D eigenvalue weighted by Gasteiger charge is 2.35. The molecule has 2 fully saturated rings. The van der Waals surface area contributed by atoms with Crippen LogP contribution < -0.4 is 11.1 Å². The summed E-state index contributed by atoms with van der Waals surface area (Å²) in [7, 11) is 0. The molecular formula is C11H21N3O. The van der Waals surface area contributed by atoms with E-state index >= 15 is 0 Å². The molecule has 1 saturated carbocycles. The molecule has 4 nitrogen and oxygen atoms in total. The molecule has 0 aromatic heterocycles. The highest BCUT2D eigenvalue weighted by Crippen LogP contribution is 2.28. The van der Waals surface area contributed by atoms with Crippen molar-refractivity contribution in [2.75, 3.05) is 19.6 Å². The molecule has 0 aromatic rings. The van der Waals surface area contributed by atoms with Gasteiger partial charge in [-0.05, 0) is 25.7 Å². The summed E-state index contributed by atoms with van der Waals surface area (Å²) in [6, 6.07) is 0.0971. The second-order valence-electron chi connectivity index (χ2n) is 4.82. The summed E-state index contributed by atoms with van der Waals surface area (Å²) in [5, 5.41) is 3.15. The molecule has 2 aliphatic rings. The Morgan fingerprint density at radius 3 is 2.33 bits per heavy atom. The van der Waals surface area contributed by atoms with Gasteiger partial charge < -0.3 is 16.0 Å². The SMILES string of the molecule is NCC1(NC(=O)N2CCCC2)CCCC1. The van der Waals surface area contributed by atoms with Gasteiger partial charge in [0.25, 0.3) is 0 Å². The molecule has 0 bridgehead atoms. The third-order valence-electron chi connectivity index (χ3n) is 3.72. The molecule has 0 radical (unpaired) electrons. The predicted octanol–water partition coefficient (Wildman–Crippen LogP) is 1.06. The summed E-state index contributed by atoms with van der Waals surface area (Å²) in [6.45, 7) is 2.39. The predicted molar refractivity (Wildman–Crippen MR) is 59.6 cm³/mol. The topological polar surface area (TPSA) is 58.4 Å². The van der Waals surface area contributed by atoms with Crippen molar-refractivity contribution in [3.05, 3.63) is 0 Å². The highest BCUT2D eigenvalue weighted by molar-refractivity contribution is 5.75. The van der Waals surface area contributed by atoms with Crippen molar-refractivity contribution in [1.82, 2.24) is 10.2 Å². The molecule has 1 aliphatic heterocycles. The number of nitrogens with zero attached hydrogens (tertiary/aromatic N) is 1. The molecule has 0 aromatic carbocycles. The Bertz CT molecular complexity index is 230. The van der Waals surface area contributed by atoms with Crippen molar-refractivity contribution in [1.29, 1.82) is 0 Å². The summed E-state index contributed by atoms with van der Waals surface area (Å²) >= 11 is 0. The van der Waals surface area contributed by atoms with Gasteiger partial charge in [0.2, 0.25) is 0 Å². The second kappa shape index (κ2) is 4.39. The van der Waals surface area contributed by atoms with Crippen molar-refractivity contribution >= 4 is 6.03 Å². The molecule has 1 heterocycles. The summed E-state index contributed by atoms with van der Waals surface area (Å²) in [5.41, 5.74) is 5.68. The number of nitrogens with one attached hydrogen (secondary N) is 1. The number of carbonyl (C=O) groups excluding carboxylic acids is 1. The van der Waals surface area contributed by atoms with Crippen LogP contribution in [0, 0.1) is 0 Å². The van der Waals surface area contributed by atoms with Crippen molar-refractivity contribution in [2.24, 2.45) is 5.73 Å². The van der Waals surface area contributed by atoms with Crippen LogP contribution in [0.1, 0.15) is 38.5 Å². The maximum atomic E-state index is 11.9. The smallest absolute Gasteiger partial charge is 0.317 e. The highest BCUT2D eigenvalue weighted by atomic mass is 16.2. The fourth-order valence-corrected chi connectivity index (χ4v) is 2.66. The van der Waals surface area contributed by atoms with Gasteiger partial charge in [-0.25, -0.2) is 4.79 Å². The molecular weight excluding hydrogens is 190 g/mol. The van der Waals surface area contributed by atoms with Crippen LogP contribution in [0.2, 0.25) is 0 Å². The standard InChI is InChI=1S/C11H21N3O/c12-9-11(5-1-2-6-11)13-10(15)14-7-3-4-8-14/h1-9,12H2,(H,13,15). The fraction of sp³-hybridized carbons (Fsp3) is 0.909. The zero-order valence-electron chi connectivity index (χ0n) is 9.30. The number of rotatable bonds is 2. The molecule has 15 heavy (non-hydrogen) atoms. The van der Waals surface area contributed by atoms with Gasteiger partial charge in [0.15, 0.2) is 0 Å². The molecule has 0 unspecified atom stereocenters. The van der Waals surface area contributed by atoms with E-state index in [1.54, 1.807) is 0 Å². The van der Waals surface area contributed by atoms with Gasteiger partial charge in [-0.2, -0.15) is 0 Å². The van der Waals surface area contributed by atoms with Gasteiger partial charge in [0.1, 0.15) is 0 Å². The molecule has 3 N–H and O–H groups in total. The summed E-state index contributed by atoms with van der Waals surface area (Å²) in [4.78, 5) is 13.8. The van der Waals surface area contributed by atoms with Crippen molar-refractivity contribution < 1.29 is 4.79 Å². The lowest BCUT2D eigenvalue weighted by molar-refractivity contribution is 0.193. The number of hydrogen-bond donors (Lipinski definition) is 2. The summed E-state index contributed by atoms with van der Waals surface area (Å²) in [5.74, 6) is 0. The van der Waals surface area contributed by atoms with E-state index in [1.807, 2.05) is 4.90 Å². The van der Waals surface area contributed by atoms with Crippen LogP contribution in [0.4, 0.5) is 4.79 Å². The molecule has 0 atom stereocenters. The van der Waals surface area contributed by atoms with Crippen LogP contribution in [0.5, 0.6) is 0 Å². The third-order valence-corrected chi connectivity index (χ3v) is 3.72. The number of nitrogens with two attached hydrogens (primary N) is 1. The normalized spacial score (nSPS) is 24.5. The van der Waals surface area contributed by atoms with Crippen LogP contribution in [-0.4, -0.2) is 36.1 Å². The second-order valence-corrected chi connectivity index (χ2v) is 4.82. The zero-order chi connectivity index (χ0) is 10.7. The lowest BCUT2D eigenvalue weighted by Crippen LogP contribution is -2.55. The maximum Gasteiger partial charge on any atom is 0.317 e. The van der Waals surface area contributed by atoms with Crippen LogP contribution in [-0.2, 0) is 0 Å². The van der Waals surface area contributed by atoms with Crippen LogP contribution >= 0.6 is 0 Å². The maximum absolute atomic E-state index is 11.9. The Kier molecular flexibility index (Phi) is 3.14. The number of urea groups is 1. The number of hydrogen-bond acceptors (Lipinski definition) is 2. The first kappa shape index (κ1) is 10.7. The van der Waals surface area contributed by atoms with Gasteiger partial charge in [-0.15, -0.1) is 0 Å². The lowest BCUT2D eigenvalue weighted by atomic mass is 9.98. The average Bonchev–Trinajstić information content (AvgIpc) is 2.88. The first-order valence-electron chi connectivity index (χ1n) is 6.03. The quantitative estimate of drug-likeness (QED) is 0.717. The van der Waals surface area contributed by atoms with Crippen molar-refractivity contribution in [3.63, 3.8) is 0 Å². The van der Waals surface area contributed by atoms with E-state index in [9.17, 15) is 4.79 Å². The van der Waals surface area contributed by atoms with Crippen LogP contribution in [0.15, 0.2) is 0 Å². The summed E-state index contributed by atoms with van der Waals surface area (Å²) < 4.78 is 0. The molecule has 86 valence electrons. The first-order chi connectivity index (χ1) is 7.26. The minimum Gasteiger partial charge on any atom is -0.331 e. The number of likely N-dealkylation sites (tertiary alicyclic amines) is 1. The Hall–Kier alpha value is -0.770. The van der Waals surface area contributed by atoms with Gasteiger partial charge >= 0.3 is 6.03 Å². The van der Waals surface area contributed by atoms with Crippen molar-refractivity contribution in [2.45, 2.75) is 44.1 Å². The van der Waals surface area contributed by atoms with Crippen LogP contribution in [0.25, 0.3) is 0 Å². The summed E-state index contributed by atoms with van der Waals surface area (Å²) in [6.07, 6.45) is 6.76. The lowest BCUT2D eigenvalue weighted by Gasteiger charge is -2.31. The van der Waals surface area contributed by atoms with E-state index in [1.165, 1.54) is 12.8 Å². The Morgan fingerprint density at radius 2 is 1.80 bits per heavy atom. The van der Waals surface area contributed by atoms with E-state index in [2.05, 4.69) is 5.32 Å². The molecule has 1 aliphatic carbocycles. The largest absolute Gasteiger partial charge is 0.331 e. The first-order valence-corrected chi connectivity index (χ1v) is 6.03. The van der Waals surface area contributed by atoms with E-state index < -0.39 is 0 Å². The minimum atomic E-state index is -0.0975. The Morgan fingerprint density at radius 1 is 1.20 bits per heavy atom. The average molecular weight is 211 g/mol. The molecule has 0 spiro atoms. The third kappa shape index (κ3) is 2.25. The Labute approximate surface area is 91.2 Å². The molecule has 4 heteroatoms.